The first kappa shape index (κ1) is 10.6. The van der Waals surface area contributed by atoms with Crippen LogP contribution in [0, 0.1) is 0 Å². The SMILES string of the molecule is NCCc1ccc(Oc2ccccn2)cc1. The molecule has 1 heterocycles. The highest BCUT2D eigenvalue weighted by Gasteiger charge is 1.97. The molecule has 0 aliphatic rings. The predicted molar refractivity (Wildman–Crippen MR) is 63.5 cm³/mol. The number of benzene rings is 1. The minimum Gasteiger partial charge on any atom is -0.439 e. The van der Waals surface area contributed by atoms with Crippen molar-refractivity contribution in [2.24, 2.45) is 5.73 Å². The van der Waals surface area contributed by atoms with E-state index in [2.05, 4.69) is 4.98 Å². The molecule has 2 rings (SSSR count). The van der Waals surface area contributed by atoms with Gasteiger partial charge in [0.05, 0.1) is 0 Å². The number of hydrogen-bond acceptors (Lipinski definition) is 3. The van der Waals surface area contributed by atoms with Crippen molar-refractivity contribution >= 4 is 0 Å². The Balaban J connectivity index is 2.05. The van der Waals surface area contributed by atoms with Gasteiger partial charge in [-0.1, -0.05) is 18.2 Å². The first-order chi connectivity index (χ1) is 7.88. The van der Waals surface area contributed by atoms with Gasteiger partial charge in [-0.25, -0.2) is 4.98 Å². The van der Waals surface area contributed by atoms with E-state index in [0.29, 0.717) is 12.4 Å². The molecule has 0 unspecified atom stereocenters. The number of pyridine rings is 1. The Hall–Kier alpha value is -1.87. The van der Waals surface area contributed by atoms with Crippen LogP contribution in [0.25, 0.3) is 0 Å². The molecule has 0 saturated heterocycles. The summed E-state index contributed by atoms with van der Waals surface area (Å²) in [6.45, 7) is 0.667. The van der Waals surface area contributed by atoms with Crippen molar-refractivity contribution in [1.29, 1.82) is 0 Å². The summed E-state index contributed by atoms with van der Waals surface area (Å²) < 4.78 is 5.57. The maximum Gasteiger partial charge on any atom is 0.219 e. The van der Waals surface area contributed by atoms with Crippen LogP contribution in [0.3, 0.4) is 0 Å². The van der Waals surface area contributed by atoms with E-state index < -0.39 is 0 Å². The van der Waals surface area contributed by atoms with E-state index in [1.165, 1.54) is 5.56 Å². The summed E-state index contributed by atoms with van der Waals surface area (Å²) in [6, 6.07) is 13.5. The van der Waals surface area contributed by atoms with E-state index in [1.54, 1.807) is 6.20 Å². The summed E-state index contributed by atoms with van der Waals surface area (Å²) in [7, 11) is 0. The van der Waals surface area contributed by atoms with Crippen LogP contribution in [-0.2, 0) is 6.42 Å². The Kier molecular flexibility index (Phi) is 3.51. The quantitative estimate of drug-likeness (QED) is 0.850. The minimum atomic E-state index is 0.606. The monoisotopic (exact) mass is 214 g/mol. The Morgan fingerprint density at radius 1 is 1.06 bits per heavy atom. The van der Waals surface area contributed by atoms with Crippen molar-refractivity contribution in [3.05, 3.63) is 54.2 Å². The summed E-state index contributed by atoms with van der Waals surface area (Å²) in [6.07, 6.45) is 2.60. The second-order valence-electron chi connectivity index (χ2n) is 3.45. The highest BCUT2D eigenvalue weighted by atomic mass is 16.5. The third-order valence-corrected chi connectivity index (χ3v) is 2.22. The number of nitrogens with zero attached hydrogens (tertiary/aromatic N) is 1. The van der Waals surface area contributed by atoms with Gasteiger partial charge in [-0.15, -0.1) is 0 Å². The molecule has 0 atom stereocenters. The zero-order valence-corrected chi connectivity index (χ0v) is 8.97. The van der Waals surface area contributed by atoms with Crippen molar-refractivity contribution in [2.75, 3.05) is 6.54 Å². The van der Waals surface area contributed by atoms with Gasteiger partial charge in [0.15, 0.2) is 0 Å². The molecular formula is C13H14N2O. The highest BCUT2D eigenvalue weighted by molar-refractivity contribution is 5.30. The number of nitrogens with two attached hydrogens (primary N) is 1. The average molecular weight is 214 g/mol. The lowest BCUT2D eigenvalue weighted by atomic mass is 10.1. The molecule has 0 spiro atoms. The van der Waals surface area contributed by atoms with Crippen molar-refractivity contribution < 1.29 is 4.74 Å². The molecule has 3 nitrogen and oxygen atoms in total. The molecule has 0 bridgehead atoms. The van der Waals surface area contributed by atoms with Crippen molar-refractivity contribution in [3.63, 3.8) is 0 Å². The Morgan fingerprint density at radius 3 is 2.50 bits per heavy atom. The molecule has 0 saturated carbocycles. The van der Waals surface area contributed by atoms with Crippen LogP contribution in [0.15, 0.2) is 48.7 Å². The van der Waals surface area contributed by atoms with E-state index in [4.69, 9.17) is 10.5 Å². The molecule has 3 heteroatoms. The van der Waals surface area contributed by atoms with Crippen LogP contribution in [0.5, 0.6) is 11.6 Å². The largest absolute Gasteiger partial charge is 0.439 e. The fourth-order valence-corrected chi connectivity index (χ4v) is 1.42. The molecule has 0 aliphatic heterocycles. The maximum absolute atomic E-state index is 5.57. The summed E-state index contributed by atoms with van der Waals surface area (Å²) in [5, 5.41) is 0. The molecule has 0 aliphatic carbocycles. The Labute approximate surface area is 94.9 Å². The molecule has 0 amide bonds. The second kappa shape index (κ2) is 5.28. The lowest BCUT2D eigenvalue weighted by molar-refractivity contribution is 0.463. The van der Waals surface area contributed by atoms with Crippen LogP contribution in [-0.4, -0.2) is 11.5 Å². The molecule has 1 aromatic carbocycles. The fourth-order valence-electron chi connectivity index (χ4n) is 1.42. The van der Waals surface area contributed by atoms with Crippen LogP contribution in [0.1, 0.15) is 5.56 Å². The summed E-state index contributed by atoms with van der Waals surface area (Å²) in [5.41, 5.74) is 6.70. The molecule has 2 aromatic rings. The van der Waals surface area contributed by atoms with Crippen LogP contribution in [0.4, 0.5) is 0 Å². The zero-order chi connectivity index (χ0) is 11.2. The molecule has 0 fully saturated rings. The van der Waals surface area contributed by atoms with Gasteiger partial charge in [-0.2, -0.15) is 0 Å². The number of ether oxygens (including phenoxy) is 1. The number of hydrogen-bond donors (Lipinski definition) is 1. The third kappa shape index (κ3) is 2.81. The zero-order valence-electron chi connectivity index (χ0n) is 8.97. The minimum absolute atomic E-state index is 0.606. The van der Waals surface area contributed by atoms with Gasteiger partial charge in [0.2, 0.25) is 5.88 Å². The van der Waals surface area contributed by atoms with Crippen molar-refractivity contribution in [1.82, 2.24) is 4.98 Å². The Morgan fingerprint density at radius 2 is 1.88 bits per heavy atom. The molecule has 16 heavy (non-hydrogen) atoms. The number of aromatic nitrogens is 1. The standard InChI is InChI=1S/C13H14N2O/c14-9-8-11-4-6-12(7-5-11)16-13-3-1-2-10-15-13/h1-7,10H,8-9,14H2. The van der Waals surface area contributed by atoms with Gasteiger partial charge in [0.25, 0.3) is 0 Å². The number of rotatable bonds is 4. The first-order valence-electron chi connectivity index (χ1n) is 5.26. The fraction of sp³-hybridized carbons (Fsp3) is 0.154. The second-order valence-corrected chi connectivity index (χ2v) is 3.45. The molecule has 0 radical (unpaired) electrons. The molecule has 82 valence electrons. The lowest BCUT2D eigenvalue weighted by Crippen LogP contribution is -2.02. The van der Waals surface area contributed by atoms with Crippen LogP contribution < -0.4 is 10.5 Å². The highest BCUT2D eigenvalue weighted by Crippen LogP contribution is 2.19. The van der Waals surface area contributed by atoms with Crippen molar-refractivity contribution in [2.45, 2.75) is 6.42 Å². The maximum atomic E-state index is 5.57. The predicted octanol–water partition coefficient (Wildman–Crippen LogP) is 2.38. The molecule has 2 N–H and O–H groups in total. The van der Waals surface area contributed by atoms with Gasteiger partial charge in [0, 0.05) is 12.3 Å². The van der Waals surface area contributed by atoms with E-state index in [1.807, 2.05) is 42.5 Å². The topological polar surface area (TPSA) is 48.1 Å². The van der Waals surface area contributed by atoms with Crippen LogP contribution >= 0.6 is 0 Å². The summed E-state index contributed by atoms with van der Waals surface area (Å²) in [4.78, 5) is 4.09. The Bertz CT molecular complexity index is 425. The van der Waals surface area contributed by atoms with Crippen molar-refractivity contribution in [3.8, 4) is 11.6 Å². The smallest absolute Gasteiger partial charge is 0.219 e. The van der Waals surface area contributed by atoms with Gasteiger partial charge in [-0.3, -0.25) is 0 Å². The summed E-state index contributed by atoms with van der Waals surface area (Å²) >= 11 is 0. The van der Waals surface area contributed by atoms with Gasteiger partial charge in [-0.05, 0) is 36.7 Å². The van der Waals surface area contributed by atoms with E-state index >= 15 is 0 Å². The van der Waals surface area contributed by atoms with Gasteiger partial charge >= 0.3 is 0 Å². The van der Waals surface area contributed by atoms with E-state index in [0.717, 1.165) is 12.2 Å². The van der Waals surface area contributed by atoms with Crippen LogP contribution in [0.2, 0.25) is 0 Å². The normalized spacial score (nSPS) is 10.1. The average Bonchev–Trinajstić information content (AvgIpc) is 2.33. The first-order valence-corrected chi connectivity index (χ1v) is 5.26. The molecule has 1 aromatic heterocycles. The molecular weight excluding hydrogens is 200 g/mol. The van der Waals surface area contributed by atoms with E-state index in [9.17, 15) is 0 Å². The lowest BCUT2D eigenvalue weighted by Gasteiger charge is -2.05. The van der Waals surface area contributed by atoms with Gasteiger partial charge in [0.1, 0.15) is 5.75 Å². The van der Waals surface area contributed by atoms with E-state index in [-0.39, 0.29) is 0 Å². The third-order valence-electron chi connectivity index (χ3n) is 2.22. The van der Waals surface area contributed by atoms with Gasteiger partial charge < -0.3 is 10.5 Å². The summed E-state index contributed by atoms with van der Waals surface area (Å²) in [5.74, 6) is 1.40.